The van der Waals surface area contributed by atoms with Crippen molar-refractivity contribution < 1.29 is 9.69 Å². The molecule has 5 nitrogen and oxygen atoms in total. The van der Waals surface area contributed by atoms with E-state index >= 15 is 0 Å². The fourth-order valence-electron chi connectivity index (χ4n) is 3.48. The van der Waals surface area contributed by atoms with E-state index in [1.54, 1.807) is 17.4 Å². The maximum atomic E-state index is 12.4. The maximum Gasteiger partial charge on any atom is 0.280 e. The number of thiophene rings is 1. The van der Waals surface area contributed by atoms with Gasteiger partial charge in [-0.2, -0.15) is 5.26 Å². The molecule has 3 heterocycles. The molecule has 2 aromatic heterocycles. The van der Waals surface area contributed by atoms with Crippen molar-refractivity contribution in [3.63, 3.8) is 0 Å². The minimum Gasteiger partial charge on any atom is -0.327 e. The number of anilines is 1. The first kappa shape index (κ1) is 17.2. The molecule has 1 aromatic carbocycles. The van der Waals surface area contributed by atoms with E-state index in [9.17, 15) is 4.79 Å². The van der Waals surface area contributed by atoms with Crippen LogP contribution >= 0.6 is 22.7 Å². The van der Waals surface area contributed by atoms with E-state index in [-0.39, 0.29) is 5.91 Å². The fourth-order valence-corrected chi connectivity index (χ4v) is 5.33. The van der Waals surface area contributed by atoms with Gasteiger partial charge in [0.25, 0.3) is 5.91 Å². The molecule has 0 bridgehead atoms. The van der Waals surface area contributed by atoms with Gasteiger partial charge in [0.15, 0.2) is 6.54 Å². The lowest BCUT2D eigenvalue weighted by Crippen LogP contribution is -3.14. The summed E-state index contributed by atoms with van der Waals surface area (Å²) in [4.78, 5) is 18.5. The molecule has 1 amide bonds. The Labute approximate surface area is 159 Å². The zero-order valence-electron chi connectivity index (χ0n) is 14.2. The van der Waals surface area contributed by atoms with Gasteiger partial charge >= 0.3 is 0 Å². The second kappa shape index (κ2) is 7.54. The normalized spacial score (nSPS) is 20.0. The van der Waals surface area contributed by atoms with Crippen LogP contribution in [0.2, 0.25) is 0 Å². The van der Waals surface area contributed by atoms with Crippen molar-refractivity contribution in [3.8, 4) is 6.07 Å². The number of thiazole rings is 1. The predicted molar refractivity (Wildman–Crippen MR) is 105 cm³/mol. The number of carbonyl (C=O) groups excluding carboxylic acids is 1. The highest BCUT2D eigenvalue weighted by atomic mass is 32.1. The van der Waals surface area contributed by atoms with Gasteiger partial charge in [-0.15, -0.1) is 22.7 Å². The van der Waals surface area contributed by atoms with Crippen molar-refractivity contribution in [2.75, 3.05) is 25.0 Å². The number of quaternary nitrogens is 1. The summed E-state index contributed by atoms with van der Waals surface area (Å²) in [7, 11) is 0. The van der Waals surface area contributed by atoms with Crippen LogP contribution in [-0.4, -0.2) is 30.5 Å². The number of nitriles is 1. The summed E-state index contributed by atoms with van der Waals surface area (Å²) >= 11 is 3.17. The van der Waals surface area contributed by atoms with E-state index < -0.39 is 0 Å². The number of nitrogens with one attached hydrogen (secondary N) is 2. The van der Waals surface area contributed by atoms with E-state index in [1.165, 1.54) is 25.9 Å². The Morgan fingerprint density at radius 1 is 1.38 bits per heavy atom. The minimum atomic E-state index is -0.0242. The number of hydrogen-bond donors (Lipinski definition) is 2. The Balaban J connectivity index is 1.40. The van der Waals surface area contributed by atoms with Crippen molar-refractivity contribution in [1.82, 2.24) is 4.98 Å². The molecule has 2 atom stereocenters. The van der Waals surface area contributed by atoms with Crippen LogP contribution in [0.5, 0.6) is 0 Å². The van der Waals surface area contributed by atoms with Gasteiger partial charge in [-0.05, 0) is 36.4 Å². The zero-order valence-corrected chi connectivity index (χ0v) is 15.8. The second-order valence-corrected chi connectivity index (χ2v) is 8.54. The molecule has 2 N–H and O–H groups in total. The number of nitrogens with zero attached hydrogens (tertiary/aromatic N) is 2. The van der Waals surface area contributed by atoms with Crippen molar-refractivity contribution in [3.05, 3.63) is 46.3 Å². The van der Waals surface area contributed by atoms with Crippen LogP contribution in [0.3, 0.4) is 0 Å². The third kappa shape index (κ3) is 3.63. The predicted octanol–water partition coefficient (Wildman–Crippen LogP) is 2.63. The third-order valence-electron chi connectivity index (χ3n) is 4.73. The summed E-state index contributed by atoms with van der Waals surface area (Å²) in [6.45, 7) is 2.37. The molecule has 7 heteroatoms. The summed E-state index contributed by atoms with van der Waals surface area (Å²) in [6.07, 6.45) is 2.24. The fraction of sp³-hybridized carbons (Fsp3) is 0.316. The second-order valence-electron chi connectivity index (χ2n) is 6.56. The minimum absolute atomic E-state index is 0.0242. The largest absolute Gasteiger partial charge is 0.327 e. The number of aromatic nitrogens is 1. The average molecular weight is 384 g/mol. The van der Waals surface area contributed by atoms with E-state index in [4.69, 9.17) is 10.2 Å². The van der Waals surface area contributed by atoms with E-state index in [0.29, 0.717) is 23.0 Å². The molecule has 132 valence electrons. The Morgan fingerprint density at radius 2 is 2.27 bits per heavy atom. The number of amides is 1. The van der Waals surface area contributed by atoms with Gasteiger partial charge in [0, 0.05) is 0 Å². The van der Waals surface area contributed by atoms with Crippen molar-refractivity contribution in [2.24, 2.45) is 0 Å². The molecule has 1 aliphatic heterocycles. The molecule has 1 saturated heterocycles. The average Bonchev–Trinajstić information content (AvgIpc) is 3.28. The lowest BCUT2D eigenvalue weighted by molar-refractivity contribution is -0.898. The molecular formula is C19H19N4OS2+. The van der Waals surface area contributed by atoms with Crippen LogP contribution < -0.4 is 10.2 Å². The Bertz CT molecular complexity index is 938. The number of para-hydroxylation sites is 1. The number of hydrogen-bond acceptors (Lipinski definition) is 5. The quantitative estimate of drug-likeness (QED) is 0.728. The van der Waals surface area contributed by atoms with Gasteiger partial charge in [-0.25, -0.2) is 4.98 Å². The number of fused-ring (bicyclic) bond motifs is 1. The summed E-state index contributed by atoms with van der Waals surface area (Å²) in [5.74, 6) is 0.393. The van der Waals surface area contributed by atoms with Crippen LogP contribution in [0.4, 0.5) is 5.00 Å². The van der Waals surface area contributed by atoms with Crippen molar-refractivity contribution in [2.45, 2.75) is 18.8 Å². The molecule has 4 rings (SSSR count). The standard InChI is InChI=1S/C19H18N4OS2/c20-10-13-7-9-25-18(13)22-17(24)12-23-8-3-4-14(11-23)19-21-15-5-1-2-6-16(15)26-19/h1-2,5-7,9,14H,3-4,8,11-12H2,(H,22,24)/p+1/t14-/m1/s1. The number of likely N-dealkylation sites (tertiary alicyclic amines) is 1. The van der Waals surface area contributed by atoms with Crippen LogP contribution in [0.25, 0.3) is 10.2 Å². The van der Waals surface area contributed by atoms with Crippen molar-refractivity contribution >= 4 is 43.8 Å². The topological polar surface area (TPSA) is 70.2 Å². The number of benzene rings is 1. The highest BCUT2D eigenvalue weighted by molar-refractivity contribution is 7.18. The highest BCUT2D eigenvalue weighted by Crippen LogP contribution is 2.30. The monoisotopic (exact) mass is 383 g/mol. The smallest absolute Gasteiger partial charge is 0.280 e. The van der Waals surface area contributed by atoms with Gasteiger partial charge in [-0.1, -0.05) is 12.1 Å². The van der Waals surface area contributed by atoms with Gasteiger partial charge in [0.1, 0.15) is 16.1 Å². The molecule has 3 aromatic rings. The third-order valence-corrected chi connectivity index (χ3v) is 6.76. The summed E-state index contributed by atoms with van der Waals surface area (Å²) in [6, 6.07) is 12.1. The van der Waals surface area contributed by atoms with E-state index in [0.717, 1.165) is 31.4 Å². The first-order valence-electron chi connectivity index (χ1n) is 8.69. The van der Waals surface area contributed by atoms with E-state index in [2.05, 4.69) is 23.5 Å². The van der Waals surface area contributed by atoms with Gasteiger partial charge in [0.05, 0.1) is 34.8 Å². The van der Waals surface area contributed by atoms with E-state index in [1.807, 2.05) is 17.5 Å². The molecule has 0 aliphatic carbocycles. The summed E-state index contributed by atoms with van der Waals surface area (Å²) in [5, 5.41) is 15.6. The lowest BCUT2D eigenvalue weighted by atomic mass is 9.99. The molecule has 26 heavy (non-hydrogen) atoms. The molecule has 1 aliphatic rings. The van der Waals surface area contributed by atoms with Crippen molar-refractivity contribution in [1.29, 1.82) is 5.26 Å². The Kier molecular flexibility index (Phi) is 4.98. The number of carbonyl (C=O) groups is 1. The Morgan fingerprint density at radius 3 is 3.12 bits per heavy atom. The summed E-state index contributed by atoms with van der Waals surface area (Å²) < 4.78 is 1.23. The first-order chi connectivity index (χ1) is 12.7. The number of rotatable bonds is 4. The zero-order chi connectivity index (χ0) is 17.9. The number of piperidine rings is 1. The molecule has 0 saturated carbocycles. The highest BCUT2D eigenvalue weighted by Gasteiger charge is 2.28. The van der Waals surface area contributed by atoms with Crippen LogP contribution in [0.15, 0.2) is 35.7 Å². The molecule has 0 spiro atoms. The molecule has 1 unspecified atom stereocenters. The molecule has 1 fully saturated rings. The SMILES string of the molecule is N#Cc1ccsc1NC(=O)C[NH+]1CCC[C@@H](c2nc3ccccc3s2)C1. The lowest BCUT2D eigenvalue weighted by Gasteiger charge is -2.28. The summed E-state index contributed by atoms with van der Waals surface area (Å²) in [5.41, 5.74) is 1.60. The first-order valence-corrected chi connectivity index (χ1v) is 10.4. The molecule has 0 radical (unpaired) electrons. The van der Waals surface area contributed by atoms with Crippen LogP contribution in [0.1, 0.15) is 29.3 Å². The maximum absolute atomic E-state index is 12.4. The van der Waals surface area contributed by atoms with Crippen LogP contribution in [-0.2, 0) is 4.79 Å². The molecular weight excluding hydrogens is 364 g/mol. The van der Waals surface area contributed by atoms with Crippen LogP contribution in [0, 0.1) is 11.3 Å². The van der Waals surface area contributed by atoms with Gasteiger partial charge in [0.2, 0.25) is 0 Å². The van der Waals surface area contributed by atoms with Gasteiger partial charge in [-0.3, -0.25) is 4.79 Å². The Hall–Kier alpha value is -2.27. The van der Waals surface area contributed by atoms with Gasteiger partial charge < -0.3 is 10.2 Å².